The molecule has 3 nitrogen and oxygen atoms in total. The number of ether oxygens (including phenoxy) is 2. The van der Waals surface area contributed by atoms with Crippen molar-refractivity contribution < 1.29 is 14.3 Å². The Morgan fingerprint density at radius 1 is 1.07 bits per heavy atom. The summed E-state index contributed by atoms with van der Waals surface area (Å²) in [5, 5.41) is 0. The maximum absolute atomic E-state index is 9.69. The lowest BCUT2D eigenvalue weighted by Crippen LogP contribution is -2.03. The third-order valence-electron chi connectivity index (χ3n) is 1.97. The summed E-state index contributed by atoms with van der Waals surface area (Å²) in [6.07, 6.45) is 1.64. The first-order valence-electron chi connectivity index (χ1n) is 5.04. The quantitative estimate of drug-likeness (QED) is 0.609. The number of rotatable bonds is 8. The summed E-state index contributed by atoms with van der Waals surface area (Å²) in [5.41, 5.74) is 1.27. The normalized spacial score (nSPS) is 9.87. The Balaban J connectivity index is 1.95. The maximum atomic E-state index is 9.69. The van der Waals surface area contributed by atoms with Crippen molar-refractivity contribution in [1.82, 2.24) is 0 Å². The summed E-state index contributed by atoms with van der Waals surface area (Å²) >= 11 is 0. The molecule has 0 aromatic heterocycles. The van der Waals surface area contributed by atoms with Crippen molar-refractivity contribution >= 4 is 6.47 Å². The molecule has 0 aliphatic rings. The number of benzene rings is 1. The molecule has 1 radical (unpaired) electrons. The molecule has 0 atom stereocenters. The number of hydrogen-bond acceptors (Lipinski definition) is 3. The molecule has 0 bridgehead atoms. The monoisotopic (exact) mass is 207 g/mol. The predicted octanol–water partition coefficient (Wildman–Crippen LogP) is 1.72. The van der Waals surface area contributed by atoms with Crippen LogP contribution in [0.15, 0.2) is 30.3 Å². The first kappa shape index (κ1) is 11.7. The lowest BCUT2D eigenvalue weighted by molar-refractivity contribution is 0.119. The van der Waals surface area contributed by atoms with E-state index in [0.29, 0.717) is 19.8 Å². The fraction of sp³-hybridized carbons (Fsp3) is 0.417. The zero-order chi connectivity index (χ0) is 10.8. The molecule has 0 amide bonds. The molecular weight excluding hydrogens is 192 g/mol. The van der Waals surface area contributed by atoms with Gasteiger partial charge in [-0.05, 0) is 12.0 Å². The van der Waals surface area contributed by atoms with Crippen LogP contribution in [0.3, 0.4) is 0 Å². The first-order valence-corrected chi connectivity index (χ1v) is 5.04. The Morgan fingerprint density at radius 2 is 1.87 bits per heavy atom. The van der Waals surface area contributed by atoms with E-state index in [9.17, 15) is 4.79 Å². The van der Waals surface area contributed by atoms with E-state index >= 15 is 0 Å². The van der Waals surface area contributed by atoms with Gasteiger partial charge < -0.3 is 9.47 Å². The highest BCUT2D eigenvalue weighted by atomic mass is 16.5. The van der Waals surface area contributed by atoms with Crippen LogP contribution < -0.4 is 0 Å². The summed E-state index contributed by atoms with van der Waals surface area (Å²) in [5.74, 6) is 0. The molecule has 0 saturated heterocycles. The molecule has 0 spiro atoms. The van der Waals surface area contributed by atoms with Gasteiger partial charge in [-0.15, -0.1) is 0 Å². The molecule has 0 saturated carbocycles. The zero-order valence-electron chi connectivity index (χ0n) is 8.65. The second-order valence-electron chi connectivity index (χ2n) is 3.13. The highest BCUT2D eigenvalue weighted by Gasteiger charge is 1.92. The van der Waals surface area contributed by atoms with Gasteiger partial charge in [0, 0.05) is 13.0 Å². The molecule has 81 valence electrons. The van der Waals surface area contributed by atoms with Crippen molar-refractivity contribution in [2.24, 2.45) is 0 Å². The second-order valence-corrected chi connectivity index (χ2v) is 3.13. The number of carbonyl (C=O) groups excluding carboxylic acids is 1. The molecule has 3 heteroatoms. The van der Waals surface area contributed by atoms with Gasteiger partial charge in [0.2, 0.25) is 0 Å². The van der Waals surface area contributed by atoms with E-state index in [1.165, 1.54) is 12.0 Å². The van der Waals surface area contributed by atoms with E-state index in [4.69, 9.17) is 4.74 Å². The Hall–Kier alpha value is -1.35. The van der Waals surface area contributed by atoms with Gasteiger partial charge in [-0.2, -0.15) is 0 Å². The molecule has 0 aliphatic carbocycles. The van der Waals surface area contributed by atoms with Crippen LogP contribution in [0, 0.1) is 0 Å². The third-order valence-corrected chi connectivity index (χ3v) is 1.97. The molecule has 0 fully saturated rings. The molecule has 0 aliphatic heterocycles. The molecular formula is C12H15O3. The molecule has 1 rings (SSSR count). The van der Waals surface area contributed by atoms with E-state index in [0.717, 1.165) is 12.8 Å². The Kier molecular flexibility index (Phi) is 6.25. The first-order chi connectivity index (χ1) is 7.43. The predicted molar refractivity (Wildman–Crippen MR) is 57.2 cm³/mol. The van der Waals surface area contributed by atoms with Crippen LogP contribution >= 0.6 is 0 Å². The van der Waals surface area contributed by atoms with Crippen molar-refractivity contribution in [3.63, 3.8) is 0 Å². The minimum absolute atomic E-state index is 0.384. The molecule has 15 heavy (non-hydrogen) atoms. The van der Waals surface area contributed by atoms with Crippen LogP contribution in [0.25, 0.3) is 0 Å². The highest BCUT2D eigenvalue weighted by Crippen LogP contribution is 1.99. The summed E-state index contributed by atoms with van der Waals surface area (Å²) in [6, 6.07) is 10.2. The molecule has 1 aromatic rings. The van der Waals surface area contributed by atoms with Crippen molar-refractivity contribution in [2.75, 3.05) is 19.8 Å². The van der Waals surface area contributed by atoms with E-state index < -0.39 is 0 Å². The van der Waals surface area contributed by atoms with Gasteiger partial charge in [0.05, 0.1) is 13.2 Å². The van der Waals surface area contributed by atoms with Gasteiger partial charge in [-0.25, -0.2) is 4.79 Å². The summed E-state index contributed by atoms with van der Waals surface area (Å²) < 4.78 is 9.79. The summed E-state index contributed by atoms with van der Waals surface area (Å²) in [7, 11) is 0. The number of hydrogen-bond donors (Lipinski definition) is 0. The lowest BCUT2D eigenvalue weighted by atomic mass is 10.2. The zero-order valence-corrected chi connectivity index (χ0v) is 8.65. The second kappa shape index (κ2) is 8.00. The highest BCUT2D eigenvalue weighted by molar-refractivity contribution is 5.37. The molecule has 0 N–H and O–H groups in total. The van der Waals surface area contributed by atoms with E-state index in [1.807, 2.05) is 18.2 Å². The topological polar surface area (TPSA) is 35.5 Å². The Bertz CT molecular complexity index is 259. The minimum Gasteiger partial charge on any atom is -0.457 e. The van der Waals surface area contributed by atoms with Gasteiger partial charge in [-0.1, -0.05) is 30.3 Å². The van der Waals surface area contributed by atoms with Crippen molar-refractivity contribution in [3.8, 4) is 0 Å². The van der Waals surface area contributed by atoms with Crippen LogP contribution in [-0.2, 0) is 20.7 Å². The minimum atomic E-state index is 0.384. The van der Waals surface area contributed by atoms with Gasteiger partial charge in [0.25, 0.3) is 0 Å². The van der Waals surface area contributed by atoms with Crippen LogP contribution in [0.1, 0.15) is 12.0 Å². The molecule has 0 unspecified atom stereocenters. The van der Waals surface area contributed by atoms with Crippen molar-refractivity contribution in [2.45, 2.75) is 12.8 Å². The molecule has 0 heterocycles. The smallest absolute Gasteiger partial charge is 0.417 e. The van der Waals surface area contributed by atoms with Crippen LogP contribution in [0.2, 0.25) is 0 Å². The maximum Gasteiger partial charge on any atom is 0.417 e. The SMILES string of the molecule is O=[C]OCCCOCCc1ccccc1. The summed E-state index contributed by atoms with van der Waals surface area (Å²) in [6.45, 7) is 3.09. The standard InChI is InChI=1S/C12H15O3/c13-11-15-9-4-8-14-10-7-12-5-2-1-3-6-12/h1-3,5-6H,4,7-10H2. The summed E-state index contributed by atoms with van der Waals surface area (Å²) in [4.78, 5) is 9.69. The fourth-order valence-electron chi connectivity index (χ4n) is 1.21. The third kappa shape index (κ3) is 5.86. The van der Waals surface area contributed by atoms with Gasteiger partial charge >= 0.3 is 6.47 Å². The lowest BCUT2D eigenvalue weighted by Gasteiger charge is -2.03. The molecule has 1 aromatic carbocycles. The largest absolute Gasteiger partial charge is 0.457 e. The van der Waals surface area contributed by atoms with E-state index in [2.05, 4.69) is 16.9 Å². The Morgan fingerprint density at radius 3 is 2.60 bits per heavy atom. The van der Waals surface area contributed by atoms with Gasteiger partial charge in [-0.3, -0.25) is 0 Å². The van der Waals surface area contributed by atoms with Crippen LogP contribution in [0.4, 0.5) is 0 Å². The van der Waals surface area contributed by atoms with Gasteiger partial charge in [0.1, 0.15) is 0 Å². The van der Waals surface area contributed by atoms with E-state index in [-0.39, 0.29) is 0 Å². The van der Waals surface area contributed by atoms with E-state index in [1.54, 1.807) is 0 Å². The average molecular weight is 207 g/mol. The van der Waals surface area contributed by atoms with Crippen LogP contribution in [0.5, 0.6) is 0 Å². The average Bonchev–Trinajstić information content (AvgIpc) is 2.29. The van der Waals surface area contributed by atoms with Crippen LogP contribution in [-0.4, -0.2) is 26.3 Å². The van der Waals surface area contributed by atoms with Crippen molar-refractivity contribution in [1.29, 1.82) is 0 Å². The van der Waals surface area contributed by atoms with Crippen molar-refractivity contribution in [3.05, 3.63) is 35.9 Å². The van der Waals surface area contributed by atoms with Gasteiger partial charge in [0.15, 0.2) is 0 Å². The fourth-order valence-corrected chi connectivity index (χ4v) is 1.21. The Labute approximate surface area is 90.0 Å².